The summed E-state index contributed by atoms with van der Waals surface area (Å²) in [7, 11) is 1.85. The molecule has 0 aliphatic heterocycles. The predicted molar refractivity (Wildman–Crippen MR) is 48.8 cm³/mol. The molecule has 1 aromatic carbocycles. The molecule has 1 radical (unpaired) electrons. The molecule has 1 nitrogen and oxygen atoms in total. The van der Waals surface area contributed by atoms with Crippen LogP contribution in [0.25, 0.3) is 0 Å². The zero-order valence-corrected chi connectivity index (χ0v) is 7.30. The van der Waals surface area contributed by atoms with Gasteiger partial charge >= 0.3 is 0 Å². The molecule has 0 aliphatic carbocycles. The normalized spacial score (nSPS) is 9.58. The van der Waals surface area contributed by atoms with Gasteiger partial charge in [-0.15, -0.1) is 0 Å². The van der Waals surface area contributed by atoms with Gasteiger partial charge in [-0.25, -0.2) is 4.39 Å². The van der Waals surface area contributed by atoms with Crippen molar-refractivity contribution < 1.29 is 9.13 Å². The van der Waals surface area contributed by atoms with E-state index in [9.17, 15) is 4.39 Å². The van der Waals surface area contributed by atoms with E-state index >= 15 is 0 Å². The molecule has 0 saturated heterocycles. The van der Waals surface area contributed by atoms with E-state index in [0.717, 1.165) is 5.46 Å². The first-order valence-corrected chi connectivity index (χ1v) is 3.99. The number of hydrogen-bond donors (Lipinski definition) is 0. The van der Waals surface area contributed by atoms with Gasteiger partial charge < -0.3 is 4.74 Å². The predicted octanol–water partition coefficient (Wildman–Crippen LogP) is 1.60. The van der Waals surface area contributed by atoms with Gasteiger partial charge in [0, 0.05) is 0 Å². The number of halogens is 1. The minimum absolute atomic E-state index is 0.299. The average molecular weight is 165 g/mol. The molecule has 12 heavy (non-hydrogen) atoms. The van der Waals surface area contributed by atoms with Crippen molar-refractivity contribution in [2.45, 2.75) is 13.7 Å². The van der Waals surface area contributed by atoms with Gasteiger partial charge in [-0.05, 0) is 19.1 Å². The van der Waals surface area contributed by atoms with Gasteiger partial charge in [0.1, 0.15) is 7.28 Å². The Bertz CT molecular complexity index is 263. The average Bonchev–Trinajstić information content (AvgIpc) is 2.09. The summed E-state index contributed by atoms with van der Waals surface area (Å²) in [5, 5.41) is 0. The lowest BCUT2D eigenvalue weighted by molar-refractivity contribution is 0.322. The molecule has 0 aliphatic rings. The SMILES string of the molecule is C[B]c1ccc(OCC)c(F)c1. The molecule has 0 N–H and O–H groups in total. The molecule has 1 aromatic rings. The van der Waals surface area contributed by atoms with Crippen molar-refractivity contribution in [1.29, 1.82) is 0 Å². The second kappa shape index (κ2) is 4.14. The van der Waals surface area contributed by atoms with E-state index in [1.165, 1.54) is 6.07 Å². The third-order valence-electron chi connectivity index (χ3n) is 1.59. The molecule has 1 rings (SSSR count). The number of ether oxygens (including phenoxy) is 1. The van der Waals surface area contributed by atoms with Gasteiger partial charge in [0.2, 0.25) is 0 Å². The Kier molecular flexibility index (Phi) is 3.14. The van der Waals surface area contributed by atoms with E-state index in [1.807, 2.05) is 27.1 Å². The van der Waals surface area contributed by atoms with E-state index in [1.54, 1.807) is 6.07 Å². The first-order chi connectivity index (χ1) is 5.77. The van der Waals surface area contributed by atoms with Crippen LogP contribution in [0.1, 0.15) is 6.92 Å². The first-order valence-electron chi connectivity index (χ1n) is 3.99. The monoisotopic (exact) mass is 165 g/mol. The highest BCUT2D eigenvalue weighted by Gasteiger charge is 2.02. The van der Waals surface area contributed by atoms with Crippen LogP contribution in [-0.2, 0) is 0 Å². The van der Waals surface area contributed by atoms with Crippen molar-refractivity contribution in [2.24, 2.45) is 0 Å². The number of hydrogen-bond acceptors (Lipinski definition) is 1. The van der Waals surface area contributed by atoms with Gasteiger partial charge in [0.25, 0.3) is 0 Å². The molecule has 0 unspecified atom stereocenters. The fourth-order valence-corrected chi connectivity index (χ4v) is 0.969. The maximum absolute atomic E-state index is 13.1. The molecular formula is C9H11BFO. The summed E-state index contributed by atoms with van der Waals surface area (Å²) in [5.74, 6) is 0.0237. The van der Waals surface area contributed by atoms with E-state index in [0.29, 0.717) is 12.4 Å². The van der Waals surface area contributed by atoms with Crippen molar-refractivity contribution in [1.82, 2.24) is 0 Å². The maximum Gasteiger partial charge on any atom is 0.164 e. The molecule has 0 heterocycles. The van der Waals surface area contributed by atoms with Crippen molar-refractivity contribution in [3.8, 4) is 5.75 Å². The Labute approximate surface area is 72.8 Å². The van der Waals surface area contributed by atoms with Gasteiger partial charge in [0.15, 0.2) is 11.6 Å². The van der Waals surface area contributed by atoms with Gasteiger partial charge in [-0.3, -0.25) is 0 Å². The second-order valence-electron chi connectivity index (χ2n) is 2.41. The zero-order valence-electron chi connectivity index (χ0n) is 7.30. The van der Waals surface area contributed by atoms with Crippen molar-refractivity contribution in [3.63, 3.8) is 0 Å². The molecule has 63 valence electrons. The Balaban J connectivity index is 2.87. The lowest BCUT2D eigenvalue weighted by Gasteiger charge is -2.04. The third kappa shape index (κ3) is 2.00. The van der Waals surface area contributed by atoms with Gasteiger partial charge in [-0.1, -0.05) is 18.4 Å². The van der Waals surface area contributed by atoms with Crippen LogP contribution in [0.5, 0.6) is 5.75 Å². The van der Waals surface area contributed by atoms with Crippen molar-refractivity contribution >= 4 is 12.7 Å². The standard InChI is InChI=1S/C9H11BFO/c1-3-12-9-5-4-7(10-2)6-8(9)11/h4-6H,3H2,1-2H3. The Hall–Kier alpha value is -0.985. The van der Waals surface area contributed by atoms with Crippen LogP contribution >= 0.6 is 0 Å². The molecule has 3 heteroatoms. The van der Waals surface area contributed by atoms with E-state index in [2.05, 4.69) is 0 Å². The van der Waals surface area contributed by atoms with Crippen LogP contribution < -0.4 is 10.2 Å². The summed E-state index contributed by atoms with van der Waals surface area (Å²) in [4.78, 5) is 0. The number of rotatable bonds is 3. The molecule has 0 aromatic heterocycles. The smallest absolute Gasteiger partial charge is 0.164 e. The molecule has 0 spiro atoms. The summed E-state index contributed by atoms with van der Waals surface area (Å²) in [6, 6.07) is 4.94. The van der Waals surface area contributed by atoms with Crippen LogP contribution in [-0.4, -0.2) is 13.9 Å². The van der Waals surface area contributed by atoms with Gasteiger partial charge in [0.05, 0.1) is 6.61 Å². The third-order valence-corrected chi connectivity index (χ3v) is 1.59. The topological polar surface area (TPSA) is 9.23 Å². The van der Waals surface area contributed by atoms with E-state index < -0.39 is 0 Å². The summed E-state index contributed by atoms with van der Waals surface area (Å²) in [5.41, 5.74) is 0.871. The van der Waals surface area contributed by atoms with Crippen molar-refractivity contribution in [2.75, 3.05) is 6.61 Å². The van der Waals surface area contributed by atoms with Crippen LogP contribution in [0.2, 0.25) is 6.82 Å². The molecule has 0 fully saturated rings. The molecule has 0 atom stereocenters. The van der Waals surface area contributed by atoms with Gasteiger partial charge in [-0.2, -0.15) is 0 Å². The summed E-state index contributed by atoms with van der Waals surface area (Å²) < 4.78 is 18.1. The Morgan fingerprint density at radius 3 is 2.75 bits per heavy atom. The summed E-state index contributed by atoms with van der Waals surface area (Å²) in [6.45, 7) is 4.19. The van der Waals surface area contributed by atoms with Crippen LogP contribution in [0.15, 0.2) is 18.2 Å². The van der Waals surface area contributed by atoms with E-state index in [4.69, 9.17) is 4.74 Å². The lowest BCUT2D eigenvalue weighted by atomic mass is 9.73. The number of benzene rings is 1. The first kappa shape index (κ1) is 9.11. The van der Waals surface area contributed by atoms with E-state index in [-0.39, 0.29) is 5.82 Å². The summed E-state index contributed by atoms with van der Waals surface area (Å²) in [6.07, 6.45) is 0. The molecular weight excluding hydrogens is 154 g/mol. The minimum Gasteiger partial charge on any atom is -0.491 e. The largest absolute Gasteiger partial charge is 0.491 e. The molecule has 0 saturated carbocycles. The highest BCUT2D eigenvalue weighted by molar-refractivity contribution is 6.51. The Morgan fingerprint density at radius 1 is 1.50 bits per heavy atom. The highest BCUT2D eigenvalue weighted by Crippen LogP contribution is 2.13. The molecule has 0 bridgehead atoms. The maximum atomic E-state index is 13.1. The van der Waals surface area contributed by atoms with Crippen LogP contribution in [0.4, 0.5) is 4.39 Å². The zero-order chi connectivity index (χ0) is 8.97. The van der Waals surface area contributed by atoms with Crippen LogP contribution in [0, 0.1) is 5.82 Å². The minimum atomic E-state index is -0.299. The lowest BCUT2D eigenvalue weighted by Crippen LogP contribution is -2.11. The van der Waals surface area contributed by atoms with Crippen molar-refractivity contribution in [3.05, 3.63) is 24.0 Å². The Morgan fingerprint density at radius 2 is 2.25 bits per heavy atom. The fourth-order valence-electron chi connectivity index (χ4n) is 0.969. The highest BCUT2D eigenvalue weighted by atomic mass is 19.1. The molecule has 0 amide bonds. The quantitative estimate of drug-likeness (QED) is 0.618. The summed E-state index contributed by atoms with van der Waals surface area (Å²) >= 11 is 0. The van der Waals surface area contributed by atoms with Crippen LogP contribution in [0.3, 0.4) is 0 Å². The second-order valence-corrected chi connectivity index (χ2v) is 2.41. The fraction of sp³-hybridized carbons (Fsp3) is 0.333.